The van der Waals surface area contributed by atoms with Crippen LogP contribution in [0.3, 0.4) is 0 Å². The SMILES string of the molecule is CS1(C)C=C(C(=O)O)N2C(=O)C[C@@H]21. The van der Waals surface area contributed by atoms with Gasteiger partial charge in [-0.15, -0.1) is 0 Å². The first-order valence-corrected chi connectivity index (χ1v) is 6.50. The fraction of sp³-hybridized carbons (Fsp3) is 0.500. The maximum absolute atomic E-state index is 11.1. The van der Waals surface area contributed by atoms with Gasteiger partial charge in [0.05, 0.1) is 11.8 Å². The fourth-order valence-electron chi connectivity index (χ4n) is 1.74. The predicted octanol–water partition coefficient (Wildman–Crippen LogP) is 0.549. The van der Waals surface area contributed by atoms with Crippen LogP contribution in [0.15, 0.2) is 11.1 Å². The van der Waals surface area contributed by atoms with Crippen molar-refractivity contribution in [2.75, 3.05) is 12.5 Å². The van der Waals surface area contributed by atoms with Crippen LogP contribution in [-0.2, 0) is 9.59 Å². The molecule has 0 aromatic heterocycles. The van der Waals surface area contributed by atoms with Crippen LogP contribution in [0.2, 0.25) is 0 Å². The minimum absolute atomic E-state index is 0.0586. The average Bonchev–Trinajstić information content (AvgIpc) is 2.18. The number of β-lactam (4-membered cyclic amide) rings is 1. The topological polar surface area (TPSA) is 57.6 Å². The molecule has 0 aromatic carbocycles. The zero-order valence-electron chi connectivity index (χ0n) is 7.48. The number of hydrogen-bond donors (Lipinski definition) is 1. The highest BCUT2D eigenvalue weighted by atomic mass is 32.3. The molecule has 2 rings (SSSR count). The van der Waals surface area contributed by atoms with E-state index < -0.39 is 16.0 Å². The number of aliphatic carboxylic acids is 1. The van der Waals surface area contributed by atoms with E-state index in [4.69, 9.17) is 5.11 Å². The van der Waals surface area contributed by atoms with Crippen molar-refractivity contribution < 1.29 is 14.7 Å². The molecule has 0 bridgehead atoms. The number of rotatable bonds is 1. The maximum atomic E-state index is 11.1. The molecule has 72 valence electrons. The third-order valence-corrected chi connectivity index (χ3v) is 5.11. The van der Waals surface area contributed by atoms with E-state index in [1.807, 2.05) is 12.5 Å². The lowest BCUT2D eigenvalue weighted by atomic mass is 10.2. The molecule has 2 aliphatic heterocycles. The van der Waals surface area contributed by atoms with Gasteiger partial charge in [-0.3, -0.25) is 9.69 Å². The molecule has 4 nitrogen and oxygen atoms in total. The van der Waals surface area contributed by atoms with Crippen molar-refractivity contribution in [1.29, 1.82) is 0 Å². The molecule has 0 spiro atoms. The smallest absolute Gasteiger partial charge is 0.353 e. The first kappa shape index (κ1) is 8.62. The van der Waals surface area contributed by atoms with E-state index >= 15 is 0 Å². The van der Waals surface area contributed by atoms with Crippen molar-refractivity contribution in [3.8, 4) is 0 Å². The summed E-state index contributed by atoms with van der Waals surface area (Å²) in [5.74, 6) is -1.05. The summed E-state index contributed by atoms with van der Waals surface area (Å²) in [5.41, 5.74) is 0.182. The van der Waals surface area contributed by atoms with Gasteiger partial charge in [0, 0.05) is 0 Å². The summed E-state index contributed by atoms with van der Waals surface area (Å²) < 4.78 is 0. The number of carbonyl (C=O) groups excluding carboxylic acids is 1. The van der Waals surface area contributed by atoms with Crippen LogP contribution in [-0.4, -0.2) is 39.8 Å². The number of carbonyl (C=O) groups is 2. The largest absolute Gasteiger partial charge is 0.477 e. The highest BCUT2D eigenvalue weighted by Gasteiger charge is 2.50. The average molecular weight is 201 g/mol. The molecule has 0 unspecified atom stereocenters. The first-order valence-electron chi connectivity index (χ1n) is 3.93. The Morgan fingerprint density at radius 1 is 1.69 bits per heavy atom. The van der Waals surface area contributed by atoms with E-state index in [2.05, 4.69) is 0 Å². The van der Waals surface area contributed by atoms with Crippen molar-refractivity contribution in [3.63, 3.8) is 0 Å². The molecule has 0 saturated carbocycles. The Balaban J connectivity index is 2.38. The lowest BCUT2D eigenvalue weighted by molar-refractivity contribution is -0.145. The Labute approximate surface area is 77.5 Å². The molecule has 0 aromatic rings. The third-order valence-electron chi connectivity index (χ3n) is 2.50. The molecule has 13 heavy (non-hydrogen) atoms. The zero-order chi connectivity index (χ0) is 9.80. The van der Waals surface area contributed by atoms with E-state index in [0.29, 0.717) is 6.42 Å². The van der Waals surface area contributed by atoms with Crippen LogP contribution < -0.4 is 0 Å². The molecule has 1 amide bonds. The minimum Gasteiger partial charge on any atom is -0.477 e. The Bertz CT molecular complexity index is 334. The molecule has 5 heteroatoms. The summed E-state index contributed by atoms with van der Waals surface area (Å²) in [5, 5.41) is 10.7. The number of amides is 1. The predicted molar refractivity (Wildman–Crippen MR) is 50.4 cm³/mol. The summed E-state index contributed by atoms with van der Waals surface area (Å²) in [6, 6.07) is 0. The number of fused-ring (bicyclic) bond motifs is 1. The number of hydrogen-bond acceptors (Lipinski definition) is 2. The maximum Gasteiger partial charge on any atom is 0.353 e. The summed E-state index contributed by atoms with van der Waals surface area (Å²) in [4.78, 5) is 23.4. The van der Waals surface area contributed by atoms with E-state index in [1.165, 1.54) is 4.90 Å². The third kappa shape index (κ3) is 0.997. The molecule has 1 saturated heterocycles. The summed E-state index contributed by atoms with van der Waals surface area (Å²) in [6.07, 6.45) is 4.58. The highest BCUT2D eigenvalue weighted by molar-refractivity contribution is 8.35. The second-order valence-corrected chi connectivity index (χ2v) is 7.47. The monoisotopic (exact) mass is 201 g/mol. The van der Waals surface area contributed by atoms with Crippen LogP contribution in [0.4, 0.5) is 0 Å². The molecule has 1 fully saturated rings. The minimum atomic E-state index is -1.05. The van der Waals surface area contributed by atoms with Crippen LogP contribution in [0.1, 0.15) is 6.42 Å². The van der Waals surface area contributed by atoms with Crippen molar-refractivity contribution in [2.45, 2.75) is 11.8 Å². The highest BCUT2D eigenvalue weighted by Crippen LogP contribution is 2.60. The van der Waals surface area contributed by atoms with Gasteiger partial charge >= 0.3 is 5.97 Å². The molecule has 1 N–H and O–H groups in total. The molecule has 2 aliphatic rings. The Kier molecular flexibility index (Phi) is 1.52. The number of carboxylic acids is 1. The van der Waals surface area contributed by atoms with Crippen LogP contribution in [0.25, 0.3) is 0 Å². The van der Waals surface area contributed by atoms with Gasteiger partial charge in [-0.05, 0) is 17.9 Å². The van der Waals surface area contributed by atoms with Crippen molar-refractivity contribution in [1.82, 2.24) is 4.90 Å². The van der Waals surface area contributed by atoms with Gasteiger partial charge in [0.2, 0.25) is 5.91 Å². The van der Waals surface area contributed by atoms with Gasteiger partial charge < -0.3 is 5.11 Å². The van der Waals surface area contributed by atoms with Crippen molar-refractivity contribution in [2.24, 2.45) is 0 Å². The van der Waals surface area contributed by atoms with Gasteiger partial charge in [0.25, 0.3) is 0 Å². The molecule has 0 aliphatic carbocycles. The zero-order valence-corrected chi connectivity index (χ0v) is 8.30. The van der Waals surface area contributed by atoms with Crippen LogP contribution >= 0.6 is 10.0 Å². The standard InChI is InChI=1S/C8H11NO3S/c1-13(2)4-5(8(11)12)9-6(10)3-7(9)13/h4,7H,3H2,1-2H3,(H,11,12)/t7-/m0/s1. The molecular weight excluding hydrogens is 190 g/mol. The fourth-order valence-corrected chi connectivity index (χ4v) is 4.03. The van der Waals surface area contributed by atoms with Crippen molar-refractivity contribution >= 4 is 21.9 Å². The first-order chi connectivity index (χ1) is 5.93. The lowest BCUT2D eigenvalue weighted by Gasteiger charge is -2.43. The van der Waals surface area contributed by atoms with Gasteiger partial charge in [-0.1, -0.05) is 0 Å². The second kappa shape index (κ2) is 2.29. The van der Waals surface area contributed by atoms with E-state index in [-0.39, 0.29) is 17.0 Å². The van der Waals surface area contributed by atoms with Gasteiger partial charge in [0.1, 0.15) is 5.70 Å². The number of nitrogens with zero attached hydrogens (tertiary/aromatic N) is 1. The van der Waals surface area contributed by atoms with Crippen LogP contribution in [0, 0.1) is 0 Å². The van der Waals surface area contributed by atoms with Crippen molar-refractivity contribution in [3.05, 3.63) is 11.1 Å². The van der Waals surface area contributed by atoms with Gasteiger partial charge in [0.15, 0.2) is 0 Å². The van der Waals surface area contributed by atoms with E-state index in [0.717, 1.165) is 0 Å². The Hall–Kier alpha value is -0.970. The quantitative estimate of drug-likeness (QED) is 0.630. The summed E-state index contributed by atoms with van der Waals surface area (Å²) in [7, 11) is -1.05. The molecular formula is C8H11NO3S. The Morgan fingerprint density at radius 3 is 2.69 bits per heavy atom. The molecule has 0 radical (unpaired) electrons. The molecule has 2 heterocycles. The lowest BCUT2D eigenvalue weighted by Crippen LogP contribution is -2.50. The Morgan fingerprint density at radius 2 is 2.31 bits per heavy atom. The van der Waals surface area contributed by atoms with E-state index in [1.54, 1.807) is 5.41 Å². The van der Waals surface area contributed by atoms with E-state index in [9.17, 15) is 9.59 Å². The second-order valence-electron chi connectivity index (χ2n) is 3.72. The summed E-state index contributed by atoms with van der Waals surface area (Å²) in [6.45, 7) is 0. The molecule has 1 atom stereocenters. The van der Waals surface area contributed by atoms with Crippen LogP contribution in [0.5, 0.6) is 0 Å². The van der Waals surface area contributed by atoms with Gasteiger partial charge in [-0.25, -0.2) is 14.8 Å². The number of carboxylic acid groups (broad SMARTS) is 1. The normalized spacial score (nSPS) is 31.8. The van der Waals surface area contributed by atoms with Gasteiger partial charge in [-0.2, -0.15) is 0 Å². The summed E-state index contributed by atoms with van der Waals surface area (Å²) >= 11 is 0.